The van der Waals surface area contributed by atoms with Crippen LogP contribution in [0, 0.1) is 0 Å². The Kier molecular flexibility index (Phi) is 7.50. The van der Waals surface area contributed by atoms with Gasteiger partial charge in [0.05, 0.1) is 33.5 Å². The van der Waals surface area contributed by atoms with Crippen LogP contribution >= 0.6 is 0 Å². The molecule has 8 nitrogen and oxygen atoms in total. The number of anilines is 1. The second-order valence-corrected chi connectivity index (χ2v) is 5.49. The van der Waals surface area contributed by atoms with E-state index in [4.69, 9.17) is 23.7 Å². The summed E-state index contributed by atoms with van der Waals surface area (Å²) in [6, 6.07) is 9.57. The van der Waals surface area contributed by atoms with Crippen molar-refractivity contribution in [2.45, 2.75) is 6.92 Å². The maximum Gasteiger partial charge on any atom is 0.338 e. The van der Waals surface area contributed by atoms with Gasteiger partial charge in [-0.05, 0) is 37.3 Å². The Morgan fingerprint density at radius 2 is 1.50 bits per heavy atom. The van der Waals surface area contributed by atoms with Gasteiger partial charge in [0.25, 0.3) is 5.91 Å². The summed E-state index contributed by atoms with van der Waals surface area (Å²) in [5, 5.41) is 2.63. The number of carbonyl (C=O) groups excluding carboxylic acids is 2. The normalized spacial score (nSPS) is 10.0. The van der Waals surface area contributed by atoms with Gasteiger partial charge in [-0.3, -0.25) is 4.79 Å². The van der Waals surface area contributed by atoms with Gasteiger partial charge in [-0.2, -0.15) is 0 Å². The van der Waals surface area contributed by atoms with Crippen molar-refractivity contribution in [2.24, 2.45) is 0 Å². The predicted molar refractivity (Wildman–Crippen MR) is 103 cm³/mol. The third-order valence-electron chi connectivity index (χ3n) is 3.70. The lowest BCUT2D eigenvalue weighted by Gasteiger charge is -2.12. The number of amides is 1. The molecule has 0 saturated heterocycles. The maximum absolute atomic E-state index is 12.2. The van der Waals surface area contributed by atoms with Gasteiger partial charge in [0, 0.05) is 11.8 Å². The molecule has 0 saturated carbocycles. The van der Waals surface area contributed by atoms with Crippen molar-refractivity contribution in [3.05, 3.63) is 42.0 Å². The van der Waals surface area contributed by atoms with Crippen molar-refractivity contribution >= 4 is 17.6 Å². The average Bonchev–Trinajstić information content (AvgIpc) is 2.72. The zero-order valence-corrected chi connectivity index (χ0v) is 16.2. The van der Waals surface area contributed by atoms with E-state index in [-0.39, 0.29) is 5.56 Å². The highest BCUT2D eigenvalue weighted by Gasteiger charge is 2.14. The van der Waals surface area contributed by atoms with Crippen molar-refractivity contribution in [3.63, 3.8) is 0 Å². The highest BCUT2D eigenvalue weighted by atomic mass is 16.5. The lowest BCUT2D eigenvalue weighted by Crippen LogP contribution is -2.21. The molecule has 0 aliphatic heterocycles. The molecule has 0 unspecified atom stereocenters. The van der Waals surface area contributed by atoms with Gasteiger partial charge in [0.15, 0.2) is 29.6 Å². The van der Waals surface area contributed by atoms with E-state index >= 15 is 0 Å². The van der Waals surface area contributed by atoms with Crippen LogP contribution in [0.15, 0.2) is 36.4 Å². The van der Waals surface area contributed by atoms with Crippen molar-refractivity contribution < 1.29 is 33.3 Å². The predicted octanol–water partition coefficient (Wildman–Crippen LogP) is 2.91. The summed E-state index contributed by atoms with van der Waals surface area (Å²) in [6.45, 7) is 1.87. The monoisotopic (exact) mass is 389 g/mol. The Bertz CT molecular complexity index is 835. The number of rotatable bonds is 9. The standard InChI is InChI=1S/C20H23NO7/c1-5-27-16-8-6-13(10-17(16)25-3)20(23)28-12-19(22)21-14-7-9-15(24-2)18(11-14)26-4/h6-11H,5,12H2,1-4H3,(H,21,22). The summed E-state index contributed by atoms with van der Waals surface area (Å²) in [6.07, 6.45) is 0. The van der Waals surface area contributed by atoms with E-state index in [0.717, 1.165) is 0 Å². The summed E-state index contributed by atoms with van der Waals surface area (Å²) in [5.74, 6) is 0.802. The van der Waals surface area contributed by atoms with Crippen LogP contribution in [-0.2, 0) is 9.53 Å². The van der Waals surface area contributed by atoms with Gasteiger partial charge in [0.1, 0.15) is 0 Å². The smallest absolute Gasteiger partial charge is 0.338 e. The van der Waals surface area contributed by atoms with Crippen LogP contribution in [0.3, 0.4) is 0 Å². The molecule has 1 N–H and O–H groups in total. The van der Waals surface area contributed by atoms with Gasteiger partial charge in [-0.1, -0.05) is 0 Å². The molecule has 0 bridgehead atoms. The second kappa shape index (κ2) is 10.1. The van der Waals surface area contributed by atoms with Crippen molar-refractivity contribution in [3.8, 4) is 23.0 Å². The van der Waals surface area contributed by atoms with Gasteiger partial charge in [-0.25, -0.2) is 4.79 Å². The summed E-state index contributed by atoms with van der Waals surface area (Å²) < 4.78 is 26.0. The third kappa shape index (κ3) is 5.29. The van der Waals surface area contributed by atoms with Crippen LogP contribution in [0.1, 0.15) is 17.3 Å². The van der Waals surface area contributed by atoms with Crippen molar-refractivity contribution in [1.29, 1.82) is 0 Å². The first-order valence-corrected chi connectivity index (χ1v) is 8.52. The van der Waals surface area contributed by atoms with Crippen LogP contribution in [-0.4, -0.2) is 46.4 Å². The zero-order chi connectivity index (χ0) is 20.5. The molecule has 2 aromatic carbocycles. The zero-order valence-electron chi connectivity index (χ0n) is 16.2. The van der Waals surface area contributed by atoms with Gasteiger partial charge >= 0.3 is 5.97 Å². The number of ether oxygens (including phenoxy) is 5. The average molecular weight is 389 g/mol. The largest absolute Gasteiger partial charge is 0.493 e. The van der Waals surface area contributed by atoms with Crippen LogP contribution in [0.5, 0.6) is 23.0 Å². The lowest BCUT2D eigenvalue weighted by molar-refractivity contribution is -0.119. The minimum absolute atomic E-state index is 0.249. The molecule has 0 aliphatic carbocycles. The molecule has 0 aliphatic rings. The number of hydrogen-bond acceptors (Lipinski definition) is 7. The Labute approximate surface area is 163 Å². The lowest BCUT2D eigenvalue weighted by atomic mass is 10.2. The minimum atomic E-state index is -0.649. The van der Waals surface area contributed by atoms with Gasteiger partial charge in [0.2, 0.25) is 0 Å². The summed E-state index contributed by atoms with van der Waals surface area (Å²) in [5.41, 5.74) is 0.737. The molecule has 0 radical (unpaired) electrons. The molecule has 0 spiro atoms. The topological polar surface area (TPSA) is 92.3 Å². The molecular weight excluding hydrogens is 366 g/mol. The first-order chi connectivity index (χ1) is 13.5. The molecular formula is C20H23NO7. The number of methoxy groups -OCH3 is 3. The van der Waals surface area contributed by atoms with Gasteiger partial charge < -0.3 is 29.0 Å². The number of hydrogen-bond donors (Lipinski definition) is 1. The SMILES string of the molecule is CCOc1ccc(C(=O)OCC(=O)Nc2ccc(OC)c(OC)c2)cc1OC. The van der Waals surface area contributed by atoms with Crippen LogP contribution in [0.25, 0.3) is 0 Å². The van der Waals surface area contributed by atoms with E-state index in [9.17, 15) is 9.59 Å². The summed E-state index contributed by atoms with van der Waals surface area (Å²) in [7, 11) is 4.49. The van der Waals surface area contributed by atoms with Crippen LogP contribution in [0.4, 0.5) is 5.69 Å². The molecule has 2 aromatic rings. The first-order valence-electron chi connectivity index (χ1n) is 8.52. The number of benzene rings is 2. The fraction of sp³-hybridized carbons (Fsp3) is 0.300. The Hall–Kier alpha value is -3.42. The molecule has 2 rings (SSSR count). The fourth-order valence-corrected chi connectivity index (χ4v) is 2.39. The molecule has 0 fully saturated rings. The number of esters is 1. The van der Waals surface area contributed by atoms with E-state index in [1.807, 2.05) is 6.92 Å². The molecule has 8 heteroatoms. The third-order valence-corrected chi connectivity index (χ3v) is 3.70. The minimum Gasteiger partial charge on any atom is -0.493 e. The van der Waals surface area contributed by atoms with Crippen molar-refractivity contribution in [2.75, 3.05) is 39.9 Å². The molecule has 0 atom stereocenters. The van der Waals surface area contributed by atoms with E-state index < -0.39 is 18.5 Å². The fourth-order valence-electron chi connectivity index (χ4n) is 2.39. The van der Waals surface area contributed by atoms with Gasteiger partial charge in [-0.15, -0.1) is 0 Å². The maximum atomic E-state index is 12.2. The highest BCUT2D eigenvalue weighted by Crippen LogP contribution is 2.30. The van der Waals surface area contributed by atoms with Crippen molar-refractivity contribution in [1.82, 2.24) is 0 Å². The van der Waals surface area contributed by atoms with E-state index in [1.54, 1.807) is 30.3 Å². The summed E-state index contributed by atoms with van der Waals surface area (Å²) in [4.78, 5) is 24.2. The molecule has 150 valence electrons. The van der Waals surface area contributed by atoms with E-state index in [1.165, 1.54) is 27.4 Å². The second-order valence-electron chi connectivity index (χ2n) is 5.49. The first kappa shape index (κ1) is 20.9. The Morgan fingerprint density at radius 3 is 2.14 bits per heavy atom. The Balaban J connectivity index is 1.96. The summed E-state index contributed by atoms with van der Waals surface area (Å²) >= 11 is 0. The quantitative estimate of drug-likeness (QED) is 0.659. The Morgan fingerprint density at radius 1 is 0.857 bits per heavy atom. The van der Waals surface area contributed by atoms with E-state index in [2.05, 4.69) is 5.32 Å². The number of nitrogens with one attached hydrogen (secondary N) is 1. The number of carbonyl (C=O) groups is 2. The molecule has 1 amide bonds. The van der Waals surface area contributed by atoms with Crippen LogP contribution < -0.4 is 24.3 Å². The molecule has 0 aromatic heterocycles. The van der Waals surface area contributed by atoms with E-state index in [0.29, 0.717) is 35.3 Å². The highest BCUT2D eigenvalue weighted by molar-refractivity contribution is 5.96. The molecule has 0 heterocycles. The molecule has 28 heavy (non-hydrogen) atoms. The van der Waals surface area contributed by atoms with Crippen LogP contribution in [0.2, 0.25) is 0 Å².